The summed E-state index contributed by atoms with van der Waals surface area (Å²) in [6.07, 6.45) is 2.41. The van der Waals surface area contributed by atoms with Crippen LogP contribution in [-0.2, 0) is 19.9 Å². The van der Waals surface area contributed by atoms with Crippen LogP contribution in [0.5, 0.6) is 5.75 Å². The molecular weight excluding hydrogens is 364 g/mol. The highest BCUT2D eigenvalue weighted by Crippen LogP contribution is 2.27. The second-order valence-corrected chi connectivity index (χ2v) is 8.93. The van der Waals surface area contributed by atoms with Crippen LogP contribution in [0.3, 0.4) is 0 Å². The summed E-state index contributed by atoms with van der Waals surface area (Å²) < 4.78 is 56.1. The molecule has 0 spiro atoms. The van der Waals surface area contributed by atoms with Crippen LogP contribution in [0.2, 0.25) is 0 Å². The topological polar surface area (TPSA) is 102 Å². The molecule has 1 aromatic carbocycles. The van der Waals surface area contributed by atoms with Crippen molar-refractivity contribution in [1.82, 2.24) is 10.0 Å². The lowest BCUT2D eigenvalue weighted by atomic mass is 10.1. The molecular formula is C13H21ClN2O5S2. The SMILES string of the molecule is COc1ccc(S(C)(=O)=O)cc1S(=O)(=O)NC1CCNCC1.Cl. The molecule has 1 saturated heterocycles. The van der Waals surface area contributed by atoms with Crippen molar-refractivity contribution in [3.05, 3.63) is 18.2 Å². The smallest absolute Gasteiger partial charge is 0.244 e. The van der Waals surface area contributed by atoms with Crippen LogP contribution >= 0.6 is 12.4 Å². The Morgan fingerprint density at radius 1 is 1.17 bits per heavy atom. The van der Waals surface area contributed by atoms with E-state index in [-0.39, 0.29) is 34.0 Å². The Morgan fingerprint density at radius 3 is 2.30 bits per heavy atom. The highest BCUT2D eigenvalue weighted by atomic mass is 35.5. The molecule has 1 heterocycles. The predicted octanol–water partition coefficient (Wildman–Crippen LogP) is 0.551. The predicted molar refractivity (Wildman–Crippen MR) is 89.6 cm³/mol. The summed E-state index contributed by atoms with van der Waals surface area (Å²) in [7, 11) is -6.01. The molecule has 0 amide bonds. The minimum absolute atomic E-state index is 0. The number of benzene rings is 1. The third-order valence-corrected chi connectivity index (χ3v) is 6.17. The monoisotopic (exact) mass is 384 g/mol. The van der Waals surface area contributed by atoms with Crippen LogP contribution in [0.4, 0.5) is 0 Å². The van der Waals surface area contributed by atoms with Gasteiger partial charge in [-0.3, -0.25) is 0 Å². The van der Waals surface area contributed by atoms with Gasteiger partial charge in [0.15, 0.2) is 9.84 Å². The maximum atomic E-state index is 12.6. The fourth-order valence-corrected chi connectivity index (χ4v) is 4.54. The van der Waals surface area contributed by atoms with Crippen LogP contribution in [0, 0.1) is 0 Å². The molecule has 0 unspecified atom stereocenters. The van der Waals surface area contributed by atoms with Gasteiger partial charge in [0.2, 0.25) is 10.0 Å². The zero-order chi connectivity index (χ0) is 16.4. The van der Waals surface area contributed by atoms with E-state index in [1.807, 2.05) is 0 Å². The van der Waals surface area contributed by atoms with Crippen molar-refractivity contribution in [1.29, 1.82) is 0 Å². The third kappa shape index (κ3) is 5.05. The third-order valence-electron chi connectivity index (χ3n) is 3.51. The molecule has 1 fully saturated rings. The summed E-state index contributed by atoms with van der Waals surface area (Å²) in [6, 6.07) is 3.65. The summed E-state index contributed by atoms with van der Waals surface area (Å²) in [5.41, 5.74) is 0. The van der Waals surface area contributed by atoms with Crippen molar-refractivity contribution in [2.45, 2.75) is 28.7 Å². The fraction of sp³-hybridized carbons (Fsp3) is 0.538. The molecule has 0 atom stereocenters. The molecule has 1 aromatic rings. The zero-order valence-electron chi connectivity index (χ0n) is 12.9. The maximum Gasteiger partial charge on any atom is 0.244 e. The van der Waals surface area contributed by atoms with E-state index in [2.05, 4.69) is 10.0 Å². The first kappa shape index (κ1) is 20.2. The summed E-state index contributed by atoms with van der Waals surface area (Å²) >= 11 is 0. The van der Waals surface area contributed by atoms with E-state index in [0.717, 1.165) is 25.4 Å². The lowest BCUT2D eigenvalue weighted by molar-refractivity contribution is 0.398. The number of nitrogens with one attached hydrogen (secondary N) is 2. The van der Waals surface area contributed by atoms with Gasteiger partial charge in [-0.15, -0.1) is 12.4 Å². The number of ether oxygens (including phenoxy) is 1. The minimum Gasteiger partial charge on any atom is -0.495 e. The number of halogens is 1. The van der Waals surface area contributed by atoms with Crippen molar-refractivity contribution in [3.8, 4) is 5.75 Å². The number of methoxy groups -OCH3 is 1. The Hall–Kier alpha value is -0.870. The van der Waals surface area contributed by atoms with Crippen molar-refractivity contribution >= 4 is 32.3 Å². The summed E-state index contributed by atoms with van der Waals surface area (Å²) in [5.74, 6) is 0.119. The van der Waals surface area contributed by atoms with Gasteiger partial charge in [-0.05, 0) is 44.1 Å². The van der Waals surface area contributed by atoms with Gasteiger partial charge in [-0.2, -0.15) is 0 Å². The molecule has 0 aromatic heterocycles. The lowest BCUT2D eigenvalue weighted by Crippen LogP contribution is -2.42. The highest BCUT2D eigenvalue weighted by molar-refractivity contribution is 7.91. The number of hydrogen-bond donors (Lipinski definition) is 2. The first-order chi connectivity index (χ1) is 10.2. The van der Waals surface area contributed by atoms with E-state index in [4.69, 9.17) is 4.74 Å². The molecule has 7 nitrogen and oxygen atoms in total. The minimum atomic E-state index is -3.85. The second kappa shape index (κ2) is 7.80. The van der Waals surface area contributed by atoms with Gasteiger partial charge in [0.05, 0.1) is 12.0 Å². The van der Waals surface area contributed by atoms with Crippen molar-refractivity contribution in [3.63, 3.8) is 0 Å². The van der Waals surface area contributed by atoms with Gasteiger partial charge in [0.25, 0.3) is 0 Å². The Labute approximate surface area is 143 Å². The first-order valence-corrected chi connectivity index (χ1v) is 10.2. The van der Waals surface area contributed by atoms with E-state index in [0.29, 0.717) is 12.8 Å². The van der Waals surface area contributed by atoms with E-state index in [9.17, 15) is 16.8 Å². The maximum absolute atomic E-state index is 12.6. The lowest BCUT2D eigenvalue weighted by Gasteiger charge is -2.24. The van der Waals surface area contributed by atoms with Crippen LogP contribution in [-0.4, -0.2) is 49.3 Å². The number of sulfonamides is 1. The molecule has 2 N–H and O–H groups in total. The highest BCUT2D eigenvalue weighted by Gasteiger charge is 2.26. The van der Waals surface area contributed by atoms with Crippen LogP contribution < -0.4 is 14.8 Å². The largest absolute Gasteiger partial charge is 0.495 e. The van der Waals surface area contributed by atoms with Crippen molar-refractivity contribution in [2.75, 3.05) is 26.5 Å². The van der Waals surface area contributed by atoms with Crippen molar-refractivity contribution < 1.29 is 21.6 Å². The van der Waals surface area contributed by atoms with Crippen LogP contribution in [0.25, 0.3) is 0 Å². The average Bonchev–Trinajstić information content (AvgIpc) is 2.46. The van der Waals surface area contributed by atoms with Gasteiger partial charge < -0.3 is 10.1 Å². The number of sulfone groups is 1. The van der Waals surface area contributed by atoms with Gasteiger partial charge in [0, 0.05) is 12.3 Å². The zero-order valence-corrected chi connectivity index (χ0v) is 15.4. The Kier molecular flexibility index (Phi) is 6.84. The Bertz CT molecular complexity index is 744. The quantitative estimate of drug-likeness (QED) is 0.768. The molecule has 23 heavy (non-hydrogen) atoms. The molecule has 132 valence electrons. The van der Waals surface area contributed by atoms with Gasteiger partial charge in [-0.25, -0.2) is 21.6 Å². The number of rotatable bonds is 5. The molecule has 0 radical (unpaired) electrons. The normalized spacial score (nSPS) is 16.6. The van der Waals surface area contributed by atoms with Crippen LogP contribution in [0.1, 0.15) is 12.8 Å². The van der Waals surface area contributed by atoms with E-state index >= 15 is 0 Å². The van der Waals surface area contributed by atoms with Crippen LogP contribution in [0.15, 0.2) is 28.0 Å². The molecule has 0 saturated carbocycles. The number of piperidine rings is 1. The van der Waals surface area contributed by atoms with Crippen molar-refractivity contribution in [2.24, 2.45) is 0 Å². The second-order valence-electron chi connectivity index (χ2n) is 5.23. The molecule has 10 heteroatoms. The fourth-order valence-electron chi connectivity index (χ4n) is 2.32. The molecule has 2 rings (SSSR count). The van der Waals surface area contributed by atoms with E-state index in [1.54, 1.807) is 0 Å². The Morgan fingerprint density at radius 2 is 1.78 bits per heavy atom. The molecule has 1 aliphatic heterocycles. The standard InChI is InChI=1S/C13H20N2O5S2.ClH/c1-20-12-4-3-11(21(2,16)17)9-13(12)22(18,19)15-10-5-7-14-8-6-10;/h3-4,9-10,14-15H,5-8H2,1-2H3;1H. The molecule has 1 aliphatic rings. The first-order valence-electron chi connectivity index (χ1n) is 6.85. The van der Waals surface area contributed by atoms with Gasteiger partial charge in [0.1, 0.15) is 10.6 Å². The summed E-state index contributed by atoms with van der Waals surface area (Å²) in [6.45, 7) is 1.49. The van der Waals surface area contributed by atoms with E-state index < -0.39 is 19.9 Å². The summed E-state index contributed by atoms with van der Waals surface area (Å²) in [4.78, 5) is -0.213. The van der Waals surface area contributed by atoms with Gasteiger partial charge in [-0.1, -0.05) is 0 Å². The molecule has 0 aliphatic carbocycles. The van der Waals surface area contributed by atoms with E-state index in [1.165, 1.54) is 19.2 Å². The van der Waals surface area contributed by atoms with Gasteiger partial charge >= 0.3 is 0 Å². The average molecular weight is 385 g/mol. The number of hydrogen-bond acceptors (Lipinski definition) is 6. The Balaban J connectivity index is 0.00000264. The molecule has 0 bridgehead atoms. The summed E-state index contributed by atoms with van der Waals surface area (Å²) in [5, 5.41) is 3.15.